The minimum absolute atomic E-state index is 0.142. The van der Waals surface area contributed by atoms with Crippen LogP contribution >= 0.6 is 11.3 Å². The minimum atomic E-state index is -0.954. The summed E-state index contributed by atoms with van der Waals surface area (Å²) >= 11 is 1.43. The monoisotopic (exact) mass is 377 g/mol. The van der Waals surface area contributed by atoms with E-state index >= 15 is 0 Å². The van der Waals surface area contributed by atoms with Crippen LogP contribution in [-0.2, 0) is 15.1 Å². The molecular weight excluding hydrogens is 350 g/mol. The number of thiophene rings is 1. The minimum Gasteiger partial charge on any atom is -0.458 e. The molecule has 0 bridgehead atoms. The first-order valence-corrected chi connectivity index (χ1v) is 9.95. The molecule has 3 rings (SSSR count). The largest absolute Gasteiger partial charge is 0.458 e. The molecule has 0 saturated heterocycles. The van der Waals surface area contributed by atoms with Crippen molar-refractivity contribution in [2.75, 3.05) is 11.9 Å². The van der Waals surface area contributed by atoms with Crippen LogP contribution < -0.4 is 10.9 Å². The summed E-state index contributed by atoms with van der Waals surface area (Å²) in [6.45, 7) is 12.4. The zero-order valence-electron chi connectivity index (χ0n) is 16.3. The molecule has 1 aliphatic carbocycles. The Kier molecular flexibility index (Phi) is 4.63. The topological polar surface area (TPSA) is 73.2 Å². The Balaban J connectivity index is 2.16. The van der Waals surface area contributed by atoms with Crippen molar-refractivity contribution in [3.63, 3.8) is 0 Å². The number of esters is 1. The van der Waals surface area contributed by atoms with Crippen LogP contribution in [0.25, 0.3) is 10.1 Å². The van der Waals surface area contributed by atoms with Crippen molar-refractivity contribution < 1.29 is 9.53 Å². The Morgan fingerprint density at radius 2 is 2.08 bits per heavy atom. The Hall–Kier alpha value is -1.89. The lowest BCUT2D eigenvalue weighted by molar-refractivity contribution is -0.161. The number of nitrogens with zero attached hydrogens (tertiary/aromatic N) is 2. The van der Waals surface area contributed by atoms with Crippen LogP contribution in [0.1, 0.15) is 66.0 Å². The number of fused-ring (bicyclic) bond motifs is 1. The molecule has 0 amide bonds. The van der Waals surface area contributed by atoms with Gasteiger partial charge in [-0.1, -0.05) is 13.8 Å². The maximum absolute atomic E-state index is 13.2. The van der Waals surface area contributed by atoms with Gasteiger partial charge in [-0.05, 0) is 52.5 Å². The maximum Gasteiger partial charge on any atom is 0.334 e. The van der Waals surface area contributed by atoms with E-state index in [0.717, 1.165) is 22.6 Å². The summed E-state index contributed by atoms with van der Waals surface area (Å²) in [5.74, 6) is -0.222. The molecule has 1 aliphatic rings. The van der Waals surface area contributed by atoms with Crippen LogP contribution in [0.2, 0.25) is 0 Å². The summed E-state index contributed by atoms with van der Waals surface area (Å²) < 4.78 is 7.62. The summed E-state index contributed by atoms with van der Waals surface area (Å²) in [4.78, 5) is 25.9. The van der Waals surface area contributed by atoms with Gasteiger partial charge >= 0.3 is 5.97 Å². The van der Waals surface area contributed by atoms with E-state index in [1.54, 1.807) is 0 Å². The number of aromatic nitrogens is 2. The summed E-state index contributed by atoms with van der Waals surface area (Å²) in [6.07, 6.45) is 1.17. The Bertz CT molecular complexity index is 901. The van der Waals surface area contributed by atoms with Crippen molar-refractivity contribution in [2.24, 2.45) is 0 Å². The third-order valence-corrected chi connectivity index (χ3v) is 5.49. The van der Waals surface area contributed by atoms with Gasteiger partial charge in [0.1, 0.15) is 10.3 Å². The fourth-order valence-corrected chi connectivity index (χ4v) is 4.08. The quantitative estimate of drug-likeness (QED) is 0.802. The van der Waals surface area contributed by atoms with Crippen molar-refractivity contribution in [1.82, 2.24) is 9.78 Å². The molecular formula is C19H27N3O3S. The van der Waals surface area contributed by atoms with E-state index in [-0.39, 0.29) is 17.4 Å². The smallest absolute Gasteiger partial charge is 0.334 e. The van der Waals surface area contributed by atoms with Gasteiger partial charge < -0.3 is 10.1 Å². The summed E-state index contributed by atoms with van der Waals surface area (Å²) in [5, 5.41) is 9.73. The average Bonchev–Trinajstić information content (AvgIpc) is 3.21. The van der Waals surface area contributed by atoms with E-state index < -0.39 is 11.1 Å². The molecule has 1 saturated carbocycles. The Labute approximate surface area is 157 Å². The molecule has 0 spiro atoms. The van der Waals surface area contributed by atoms with Crippen molar-refractivity contribution >= 4 is 32.4 Å². The predicted octanol–water partition coefficient (Wildman–Crippen LogP) is 3.84. The molecule has 0 unspecified atom stereocenters. The van der Waals surface area contributed by atoms with Gasteiger partial charge in [0, 0.05) is 11.9 Å². The molecule has 0 radical (unpaired) electrons. The van der Waals surface area contributed by atoms with Crippen LogP contribution in [0.15, 0.2) is 10.9 Å². The normalized spacial score (nSPS) is 16.1. The van der Waals surface area contributed by atoms with E-state index in [4.69, 9.17) is 4.74 Å². The highest BCUT2D eigenvalue weighted by Crippen LogP contribution is 2.45. The molecule has 2 aromatic rings. The number of rotatable bonds is 5. The van der Waals surface area contributed by atoms with E-state index in [2.05, 4.69) is 10.4 Å². The first kappa shape index (κ1) is 18.9. The standard InChI is InChI=1S/C19H27N3O3S/c1-7-20-13-10-12-14(11(2)3)21-22(16(23)15(12)26-13)19(8-9-19)17(24)25-18(4,5)6/h10-11,20H,7-9H2,1-6H3. The van der Waals surface area contributed by atoms with Crippen LogP contribution in [0.4, 0.5) is 5.00 Å². The molecule has 1 fully saturated rings. The van der Waals surface area contributed by atoms with Crippen molar-refractivity contribution in [3.8, 4) is 0 Å². The molecule has 142 valence electrons. The van der Waals surface area contributed by atoms with Crippen molar-refractivity contribution in [2.45, 2.75) is 71.4 Å². The molecule has 7 heteroatoms. The number of hydrogen-bond acceptors (Lipinski definition) is 6. The van der Waals surface area contributed by atoms with Gasteiger partial charge in [0.05, 0.1) is 10.7 Å². The third kappa shape index (κ3) is 3.24. The van der Waals surface area contributed by atoms with E-state index in [1.165, 1.54) is 16.0 Å². The highest BCUT2D eigenvalue weighted by molar-refractivity contribution is 7.22. The van der Waals surface area contributed by atoms with Crippen LogP contribution in [-0.4, -0.2) is 27.9 Å². The Morgan fingerprint density at radius 3 is 2.58 bits per heavy atom. The molecule has 0 atom stereocenters. The second kappa shape index (κ2) is 6.37. The third-order valence-electron chi connectivity index (χ3n) is 4.41. The number of anilines is 1. The van der Waals surface area contributed by atoms with Gasteiger partial charge in [0.15, 0.2) is 5.54 Å². The molecule has 0 aromatic carbocycles. The number of ether oxygens (including phenoxy) is 1. The number of carbonyl (C=O) groups excluding carboxylic acids is 1. The molecule has 1 N–H and O–H groups in total. The molecule has 0 aliphatic heterocycles. The summed E-state index contributed by atoms with van der Waals surface area (Å²) in [7, 11) is 0. The summed E-state index contributed by atoms with van der Waals surface area (Å²) in [6, 6.07) is 1.99. The average molecular weight is 378 g/mol. The van der Waals surface area contributed by atoms with E-state index in [9.17, 15) is 9.59 Å². The van der Waals surface area contributed by atoms with Gasteiger partial charge in [-0.15, -0.1) is 11.3 Å². The van der Waals surface area contributed by atoms with Crippen molar-refractivity contribution in [1.29, 1.82) is 0 Å². The zero-order valence-corrected chi connectivity index (χ0v) is 17.1. The summed E-state index contributed by atoms with van der Waals surface area (Å²) in [5.41, 5.74) is -0.913. The predicted molar refractivity (Wildman–Crippen MR) is 105 cm³/mol. The van der Waals surface area contributed by atoms with Crippen LogP contribution in [0.5, 0.6) is 0 Å². The van der Waals surface area contributed by atoms with E-state index in [1.807, 2.05) is 47.6 Å². The highest BCUT2D eigenvalue weighted by Gasteiger charge is 2.56. The van der Waals surface area contributed by atoms with Gasteiger partial charge in [-0.25, -0.2) is 9.48 Å². The molecule has 2 heterocycles. The first-order valence-electron chi connectivity index (χ1n) is 9.13. The second-order valence-electron chi connectivity index (χ2n) is 8.17. The SMILES string of the molecule is CCNc1cc2c(C(C)C)nn(C3(C(=O)OC(C)(C)C)CC3)c(=O)c2s1. The second-order valence-corrected chi connectivity index (χ2v) is 9.23. The fraction of sp³-hybridized carbons (Fsp3) is 0.632. The number of nitrogens with one attached hydrogen (secondary N) is 1. The lowest BCUT2D eigenvalue weighted by atomic mass is 10.1. The van der Waals surface area contributed by atoms with Crippen LogP contribution in [0.3, 0.4) is 0 Å². The number of hydrogen-bond donors (Lipinski definition) is 1. The lowest BCUT2D eigenvalue weighted by Crippen LogP contribution is -2.42. The zero-order chi connectivity index (χ0) is 19.3. The van der Waals surface area contributed by atoms with Gasteiger partial charge in [-0.3, -0.25) is 4.79 Å². The van der Waals surface area contributed by atoms with Crippen molar-refractivity contribution in [3.05, 3.63) is 22.1 Å². The molecule has 26 heavy (non-hydrogen) atoms. The first-order chi connectivity index (χ1) is 12.1. The molecule has 6 nitrogen and oxygen atoms in total. The highest BCUT2D eigenvalue weighted by atomic mass is 32.1. The fourth-order valence-electron chi connectivity index (χ4n) is 3.02. The van der Waals surface area contributed by atoms with Gasteiger partial charge in [-0.2, -0.15) is 5.10 Å². The van der Waals surface area contributed by atoms with Crippen LogP contribution in [0, 0.1) is 0 Å². The maximum atomic E-state index is 13.2. The van der Waals surface area contributed by atoms with Gasteiger partial charge in [0.25, 0.3) is 5.56 Å². The molecule has 2 aromatic heterocycles. The van der Waals surface area contributed by atoms with E-state index in [0.29, 0.717) is 17.5 Å². The Morgan fingerprint density at radius 1 is 1.42 bits per heavy atom. The number of carbonyl (C=O) groups is 1. The van der Waals surface area contributed by atoms with Gasteiger partial charge in [0.2, 0.25) is 0 Å². The lowest BCUT2D eigenvalue weighted by Gasteiger charge is -2.25.